The van der Waals surface area contributed by atoms with Gasteiger partial charge in [0.25, 0.3) is 0 Å². The highest BCUT2D eigenvalue weighted by molar-refractivity contribution is 5.67. The molecule has 1 N–H and O–H groups in total. The Morgan fingerprint density at radius 3 is 2.92 bits per heavy atom. The molecule has 0 aromatic rings. The average molecular weight is 190 g/mol. The summed E-state index contributed by atoms with van der Waals surface area (Å²) in [7, 11) is 1.51. The maximum atomic E-state index is 10.4. The number of hydrogen-bond donors (Lipinski definition) is 1. The van der Waals surface area contributed by atoms with Crippen molar-refractivity contribution < 1.29 is 24.1 Å². The highest BCUT2D eigenvalue weighted by Crippen LogP contribution is 2.19. The van der Waals surface area contributed by atoms with Crippen LogP contribution < -0.4 is 0 Å². The molecule has 0 bridgehead atoms. The minimum atomic E-state index is -0.859. The van der Waals surface area contributed by atoms with Crippen LogP contribution >= 0.6 is 0 Å². The van der Waals surface area contributed by atoms with Gasteiger partial charge in [-0.2, -0.15) is 0 Å². The standard InChI is InChI=1S/C8H14O5/c1-11-5-13-6(3-8(9)10)2-7-4-12-7/h6-7H,2-5H2,1H3,(H,9,10)/t6-,7+/m1/s1. The summed E-state index contributed by atoms with van der Waals surface area (Å²) in [6.45, 7) is 0.844. The maximum absolute atomic E-state index is 10.4. The Morgan fingerprint density at radius 1 is 1.77 bits per heavy atom. The quantitative estimate of drug-likeness (QED) is 0.460. The second-order valence-corrected chi connectivity index (χ2v) is 2.98. The van der Waals surface area contributed by atoms with Gasteiger partial charge in [0, 0.05) is 13.5 Å². The fraction of sp³-hybridized carbons (Fsp3) is 0.875. The summed E-state index contributed by atoms with van der Waals surface area (Å²) in [6.07, 6.45) is 0.518. The Hall–Kier alpha value is -0.650. The number of aliphatic carboxylic acids is 1. The van der Waals surface area contributed by atoms with Gasteiger partial charge >= 0.3 is 5.97 Å². The number of epoxide rings is 1. The molecular formula is C8H14O5. The predicted molar refractivity (Wildman–Crippen MR) is 43.4 cm³/mol. The number of hydrogen-bond acceptors (Lipinski definition) is 4. The molecule has 76 valence electrons. The Morgan fingerprint density at radius 2 is 2.46 bits per heavy atom. The summed E-state index contributed by atoms with van der Waals surface area (Å²) in [4.78, 5) is 10.4. The molecule has 0 aromatic heterocycles. The lowest BCUT2D eigenvalue weighted by molar-refractivity contribution is -0.143. The van der Waals surface area contributed by atoms with Gasteiger partial charge in [-0.15, -0.1) is 0 Å². The Balaban J connectivity index is 2.19. The minimum Gasteiger partial charge on any atom is -0.481 e. The summed E-state index contributed by atoms with van der Waals surface area (Å²) in [5.74, 6) is -0.859. The van der Waals surface area contributed by atoms with Crippen LogP contribution in [0.4, 0.5) is 0 Å². The largest absolute Gasteiger partial charge is 0.481 e. The third kappa shape index (κ3) is 4.82. The summed E-state index contributed by atoms with van der Waals surface area (Å²) in [5, 5.41) is 8.55. The molecule has 1 aliphatic heterocycles. The molecule has 1 aliphatic rings. The van der Waals surface area contributed by atoms with Crippen LogP contribution in [0.1, 0.15) is 12.8 Å². The van der Waals surface area contributed by atoms with Crippen LogP contribution in [-0.2, 0) is 19.0 Å². The van der Waals surface area contributed by atoms with Crippen LogP contribution in [0, 0.1) is 0 Å². The molecular weight excluding hydrogens is 176 g/mol. The smallest absolute Gasteiger partial charge is 0.305 e. The Bertz CT molecular complexity index is 166. The van der Waals surface area contributed by atoms with E-state index < -0.39 is 5.97 Å². The number of carboxylic acids is 1. The van der Waals surface area contributed by atoms with Crippen LogP contribution in [0.3, 0.4) is 0 Å². The van der Waals surface area contributed by atoms with Crippen molar-refractivity contribution in [3.8, 4) is 0 Å². The molecule has 0 radical (unpaired) electrons. The van der Waals surface area contributed by atoms with Crippen molar-refractivity contribution in [1.29, 1.82) is 0 Å². The van der Waals surface area contributed by atoms with Gasteiger partial charge in [-0.3, -0.25) is 4.79 Å². The second kappa shape index (κ2) is 5.16. The number of ether oxygens (including phenoxy) is 3. The van der Waals surface area contributed by atoms with E-state index in [9.17, 15) is 4.79 Å². The Labute approximate surface area is 76.6 Å². The molecule has 1 fully saturated rings. The molecule has 0 aliphatic carbocycles. The molecule has 0 amide bonds. The van der Waals surface area contributed by atoms with E-state index >= 15 is 0 Å². The first kappa shape index (κ1) is 10.4. The number of carboxylic acid groups (broad SMARTS) is 1. The van der Waals surface area contributed by atoms with E-state index in [1.54, 1.807) is 0 Å². The van der Waals surface area contributed by atoms with Crippen LogP contribution in [0.25, 0.3) is 0 Å². The van der Waals surface area contributed by atoms with E-state index in [4.69, 9.17) is 19.3 Å². The summed E-state index contributed by atoms with van der Waals surface area (Å²) >= 11 is 0. The van der Waals surface area contributed by atoms with Gasteiger partial charge in [0.2, 0.25) is 0 Å². The maximum Gasteiger partial charge on any atom is 0.305 e. The van der Waals surface area contributed by atoms with Crippen molar-refractivity contribution >= 4 is 5.97 Å². The first-order chi connectivity index (χ1) is 6.22. The van der Waals surface area contributed by atoms with Gasteiger partial charge < -0.3 is 19.3 Å². The molecule has 5 nitrogen and oxygen atoms in total. The predicted octanol–water partition coefficient (Wildman–Crippen LogP) is 0.239. The minimum absolute atomic E-state index is 0.00319. The number of rotatable bonds is 7. The summed E-state index contributed by atoms with van der Waals surface area (Å²) in [6, 6.07) is 0. The van der Waals surface area contributed by atoms with Gasteiger partial charge in [0.05, 0.1) is 25.2 Å². The summed E-state index contributed by atoms with van der Waals surface area (Å²) in [5.41, 5.74) is 0. The van der Waals surface area contributed by atoms with Crippen molar-refractivity contribution in [1.82, 2.24) is 0 Å². The summed E-state index contributed by atoms with van der Waals surface area (Å²) < 4.78 is 14.9. The van der Waals surface area contributed by atoms with Gasteiger partial charge in [0.1, 0.15) is 6.79 Å². The van der Waals surface area contributed by atoms with Gasteiger partial charge in [-0.05, 0) is 0 Å². The van der Waals surface area contributed by atoms with E-state index in [2.05, 4.69) is 0 Å². The zero-order valence-electron chi connectivity index (χ0n) is 7.56. The molecule has 1 heterocycles. The normalized spacial score (nSPS) is 22.7. The van der Waals surface area contributed by atoms with E-state index in [0.29, 0.717) is 13.0 Å². The lowest BCUT2D eigenvalue weighted by Gasteiger charge is -2.13. The van der Waals surface area contributed by atoms with Crippen molar-refractivity contribution in [2.24, 2.45) is 0 Å². The monoisotopic (exact) mass is 190 g/mol. The molecule has 1 saturated heterocycles. The van der Waals surface area contributed by atoms with Crippen molar-refractivity contribution in [2.45, 2.75) is 25.0 Å². The van der Waals surface area contributed by atoms with Crippen LogP contribution in [0.15, 0.2) is 0 Å². The van der Waals surface area contributed by atoms with E-state index in [1.807, 2.05) is 0 Å². The SMILES string of the molecule is COCO[C@@H](CC(=O)O)C[C@H]1CO1. The van der Waals surface area contributed by atoms with E-state index in [0.717, 1.165) is 0 Å². The zero-order valence-corrected chi connectivity index (χ0v) is 7.56. The van der Waals surface area contributed by atoms with Crippen LogP contribution in [0.5, 0.6) is 0 Å². The molecule has 1 rings (SSSR count). The van der Waals surface area contributed by atoms with Crippen molar-refractivity contribution in [3.63, 3.8) is 0 Å². The molecule has 0 spiro atoms. The van der Waals surface area contributed by atoms with Gasteiger partial charge in [-0.25, -0.2) is 0 Å². The fourth-order valence-electron chi connectivity index (χ4n) is 1.07. The highest BCUT2D eigenvalue weighted by Gasteiger charge is 2.28. The topological polar surface area (TPSA) is 68.3 Å². The molecule has 0 saturated carbocycles. The molecule has 0 unspecified atom stereocenters. The average Bonchev–Trinajstić information content (AvgIpc) is 2.83. The molecule has 0 aromatic carbocycles. The highest BCUT2D eigenvalue weighted by atomic mass is 16.7. The lowest BCUT2D eigenvalue weighted by Crippen LogP contribution is -2.20. The molecule has 13 heavy (non-hydrogen) atoms. The van der Waals surface area contributed by atoms with Crippen LogP contribution in [0.2, 0.25) is 0 Å². The lowest BCUT2D eigenvalue weighted by atomic mass is 10.1. The van der Waals surface area contributed by atoms with Gasteiger partial charge in [0.15, 0.2) is 0 Å². The van der Waals surface area contributed by atoms with E-state index in [-0.39, 0.29) is 25.4 Å². The zero-order chi connectivity index (χ0) is 9.68. The van der Waals surface area contributed by atoms with Crippen LogP contribution in [-0.4, -0.2) is 43.8 Å². The van der Waals surface area contributed by atoms with Crippen molar-refractivity contribution in [3.05, 3.63) is 0 Å². The third-order valence-corrected chi connectivity index (χ3v) is 1.75. The number of methoxy groups -OCH3 is 1. The Kier molecular flexibility index (Phi) is 4.14. The number of carbonyl (C=O) groups is 1. The third-order valence-electron chi connectivity index (χ3n) is 1.75. The first-order valence-electron chi connectivity index (χ1n) is 4.16. The second-order valence-electron chi connectivity index (χ2n) is 2.98. The fourth-order valence-corrected chi connectivity index (χ4v) is 1.07. The van der Waals surface area contributed by atoms with E-state index in [1.165, 1.54) is 7.11 Å². The molecule has 5 heteroatoms. The molecule has 2 atom stereocenters. The first-order valence-corrected chi connectivity index (χ1v) is 4.16. The van der Waals surface area contributed by atoms with Gasteiger partial charge in [-0.1, -0.05) is 0 Å². The van der Waals surface area contributed by atoms with Crippen molar-refractivity contribution in [2.75, 3.05) is 20.5 Å².